The molecule has 0 amide bonds. The van der Waals surface area contributed by atoms with Crippen LogP contribution in [0.5, 0.6) is 5.75 Å². The summed E-state index contributed by atoms with van der Waals surface area (Å²) in [6.07, 6.45) is 1.57. The highest BCUT2D eigenvalue weighted by atomic mass is 35.5. The van der Waals surface area contributed by atoms with Crippen LogP contribution in [0.25, 0.3) is 0 Å². The second-order valence-corrected chi connectivity index (χ2v) is 9.15. The average molecular weight is 438 g/mol. The van der Waals surface area contributed by atoms with Crippen LogP contribution in [-0.2, 0) is 11.6 Å². The molecule has 0 bridgehead atoms. The van der Waals surface area contributed by atoms with Gasteiger partial charge < -0.3 is 9.64 Å². The van der Waals surface area contributed by atoms with Crippen LogP contribution in [0, 0.1) is 5.92 Å². The van der Waals surface area contributed by atoms with Gasteiger partial charge in [-0.05, 0) is 74.2 Å². The van der Waals surface area contributed by atoms with E-state index in [1.165, 1.54) is 37.0 Å². The molecule has 0 spiro atoms. The SMILES string of the molecule is FC(F)(F)c1ccc(OC[C@H]2CCCN(CC3(c4ccc(Cl)cc4)CCC3)C2)cc1. The highest BCUT2D eigenvalue weighted by Gasteiger charge is 2.40. The molecule has 2 aromatic carbocycles. The van der Waals surface area contributed by atoms with E-state index in [1.807, 2.05) is 12.1 Å². The highest BCUT2D eigenvalue weighted by molar-refractivity contribution is 6.30. The number of hydrogen-bond acceptors (Lipinski definition) is 2. The average Bonchev–Trinajstić information content (AvgIpc) is 2.70. The summed E-state index contributed by atoms with van der Waals surface area (Å²) < 4.78 is 43.9. The maximum absolute atomic E-state index is 12.7. The molecule has 2 aliphatic rings. The fourth-order valence-corrected chi connectivity index (χ4v) is 4.88. The van der Waals surface area contributed by atoms with E-state index in [9.17, 15) is 13.2 Å². The van der Waals surface area contributed by atoms with Crippen molar-refractivity contribution in [3.63, 3.8) is 0 Å². The van der Waals surface area contributed by atoms with E-state index < -0.39 is 11.7 Å². The standard InChI is InChI=1S/C24H27ClF3NO/c25-21-8-4-19(5-9-21)23(12-2-13-23)17-29-14-1-3-18(15-29)16-30-22-10-6-20(7-11-22)24(26,27)28/h4-11,18H,1-3,12-17H2/t18-/m0/s1. The van der Waals surface area contributed by atoms with Gasteiger partial charge in [0, 0.05) is 29.4 Å². The Kier molecular flexibility index (Phi) is 6.31. The molecule has 1 saturated carbocycles. The van der Waals surface area contributed by atoms with Gasteiger partial charge in [0.15, 0.2) is 0 Å². The molecule has 1 aliphatic carbocycles. The van der Waals surface area contributed by atoms with Gasteiger partial charge in [0.25, 0.3) is 0 Å². The molecule has 1 saturated heterocycles. The van der Waals surface area contributed by atoms with Crippen LogP contribution in [0.4, 0.5) is 13.2 Å². The number of halogens is 4. The molecular formula is C24H27ClF3NO. The molecule has 1 atom stereocenters. The zero-order valence-corrected chi connectivity index (χ0v) is 17.7. The van der Waals surface area contributed by atoms with Crippen molar-refractivity contribution >= 4 is 11.6 Å². The summed E-state index contributed by atoms with van der Waals surface area (Å²) >= 11 is 6.07. The summed E-state index contributed by atoms with van der Waals surface area (Å²) in [5.74, 6) is 0.889. The van der Waals surface area contributed by atoms with E-state index in [4.69, 9.17) is 16.3 Å². The van der Waals surface area contributed by atoms with Crippen molar-refractivity contribution in [2.24, 2.45) is 5.92 Å². The number of alkyl halides is 3. The summed E-state index contributed by atoms with van der Waals surface area (Å²) in [6, 6.07) is 13.3. The van der Waals surface area contributed by atoms with Crippen LogP contribution >= 0.6 is 11.6 Å². The van der Waals surface area contributed by atoms with Crippen LogP contribution in [0.15, 0.2) is 48.5 Å². The first-order chi connectivity index (χ1) is 14.3. The van der Waals surface area contributed by atoms with Gasteiger partial charge in [-0.2, -0.15) is 13.2 Å². The summed E-state index contributed by atoms with van der Waals surface area (Å²) in [5, 5.41) is 0.770. The lowest BCUT2D eigenvalue weighted by Crippen LogP contribution is -2.49. The molecule has 0 aromatic heterocycles. The summed E-state index contributed by atoms with van der Waals surface area (Å²) in [6.45, 7) is 3.64. The molecule has 1 aliphatic heterocycles. The van der Waals surface area contributed by atoms with Gasteiger partial charge in [-0.1, -0.05) is 30.2 Å². The van der Waals surface area contributed by atoms with Crippen LogP contribution in [0.2, 0.25) is 5.02 Å². The second-order valence-electron chi connectivity index (χ2n) is 8.72. The molecule has 4 rings (SSSR count). The van der Waals surface area contributed by atoms with Gasteiger partial charge in [0.2, 0.25) is 0 Å². The van der Waals surface area contributed by atoms with Gasteiger partial charge in [0.1, 0.15) is 5.75 Å². The van der Waals surface area contributed by atoms with E-state index in [0.29, 0.717) is 18.3 Å². The Hall–Kier alpha value is -1.72. The molecule has 2 aromatic rings. The van der Waals surface area contributed by atoms with Crippen molar-refractivity contribution < 1.29 is 17.9 Å². The molecule has 1 heterocycles. The predicted molar refractivity (Wildman–Crippen MR) is 113 cm³/mol. The molecule has 0 unspecified atom stereocenters. The van der Waals surface area contributed by atoms with E-state index in [0.717, 1.165) is 49.6 Å². The number of hydrogen-bond donors (Lipinski definition) is 0. The van der Waals surface area contributed by atoms with E-state index in [1.54, 1.807) is 0 Å². The largest absolute Gasteiger partial charge is 0.493 e. The smallest absolute Gasteiger partial charge is 0.416 e. The molecular weight excluding hydrogens is 411 g/mol. The van der Waals surface area contributed by atoms with Crippen molar-refractivity contribution in [1.29, 1.82) is 0 Å². The number of piperidine rings is 1. The number of likely N-dealkylation sites (tertiary alicyclic amines) is 1. The third kappa shape index (κ3) is 4.94. The Morgan fingerprint density at radius 3 is 2.30 bits per heavy atom. The third-order valence-electron chi connectivity index (χ3n) is 6.56. The van der Waals surface area contributed by atoms with E-state index >= 15 is 0 Å². The van der Waals surface area contributed by atoms with Crippen molar-refractivity contribution in [3.8, 4) is 5.75 Å². The van der Waals surface area contributed by atoms with Gasteiger partial charge in [-0.25, -0.2) is 0 Å². The Morgan fingerprint density at radius 2 is 1.70 bits per heavy atom. The Morgan fingerprint density at radius 1 is 1.00 bits per heavy atom. The maximum atomic E-state index is 12.7. The summed E-state index contributed by atoms with van der Waals surface area (Å²) in [4.78, 5) is 2.54. The maximum Gasteiger partial charge on any atom is 0.416 e. The Bertz CT molecular complexity index is 831. The molecule has 0 N–H and O–H groups in total. The van der Waals surface area contributed by atoms with Crippen LogP contribution in [-0.4, -0.2) is 31.1 Å². The minimum atomic E-state index is -4.32. The third-order valence-corrected chi connectivity index (χ3v) is 6.82. The number of ether oxygens (including phenoxy) is 1. The fourth-order valence-electron chi connectivity index (χ4n) is 4.76. The molecule has 2 nitrogen and oxygen atoms in total. The molecule has 2 fully saturated rings. The van der Waals surface area contributed by atoms with Gasteiger partial charge in [-0.3, -0.25) is 0 Å². The predicted octanol–water partition coefficient (Wildman–Crippen LogP) is 6.57. The zero-order chi connectivity index (χ0) is 21.2. The topological polar surface area (TPSA) is 12.5 Å². The van der Waals surface area contributed by atoms with Crippen molar-refractivity contribution in [2.45, 2.75) is 43.7 Å². The lowest BCUT2D eigenvalue weighted by atomic mass is 9.64. The Balaban J connectivity index is 1.32. The molecule has 162 valence electrons. The minimum absolute atomic E-state index is 0.223. The van der Waals surface area contributed by atoms with Crippen molar-refractivity contribution in [2.75, 3.05) is 26.2 Å². The van der Waals surface area contributed by atoms with Crippen LogP contribution in [0.1, 0.15) is 43.2 Å². The first-order valence-electron chi connectivity index (χ1n) is 10.6. The van der Waals surface area contributed by atoms with Gasteiger partial charge in [0.05, 0.1) is 12.2 Å². The van der Waals surface area contributed by atoms with Gasteiger partial charge >= 0.3 is 6.18 Å². The molecule has 6 heteroatoms. The number of benzene rings is 2. The van der Waals surface area contributed by atoms with Crippen LogP contribution in [0.3, 0.4) is 0 Å². The monoisotopic (exact) mass is 437 g/mol. The lowest BCUT2D eigenvalue weighted by molar-refractivity contribution is -0.137. The minimum Gasteiger partial charge on any atom is -0.493 e. The normalized spacial score (nSPS) is 21.8. The van der Waals surface area contributed by atoms with Crippen molar-refractivity contribution in [3.05, 3.63) is 64.7 Å². The number of rotatable bonds is 6. The number of nitrogens with zero attached hydrogens (tertiary/aromatic N) is 1. The van der Waals surface area contributed by atoms with E-state index in [-0.39, 0.29) is 5.41 Å². The van der Waals surface area contributed by atoms with E-state index in [2.05, 4.69) is 17.0 Å². The summed E-state index contributed by atoms with van der Waals surface area (Å²) in [5.41, 5.74) is 0.953. The molecule has 30 heavy (non-hydrogen) atoms. The second kappa shape index (κ2) is 8.80. The molecule has 0 radical (unpaired) electrons. The first-order valence-corrected chi connectivity index (χ1v) is 11.0. The Labute approximate surface area is 181 Å². The first kappa shape index (κ1) is 21.5. The summed E-state index contributed by atoms with van der Waals surface area (Å²) in [7, 11) is 0. The fraction of sp³-hybridized carbons (Fsp3) is 0.500. The zero-order valence-electron chi connectivity index (χ0n) is 16.9. The van der Waals surface area contributed by atoms with Gasteiger partial charge in [-0.15, -0.1) is 0 Å². The van der Waals surface area contributed by atoms with Crippen molar-refractivity contribution in [1.82, 2.24) is 4.90 Å². The lowest BCUT2D eigenvalue weighted by Gasteiger charge is -2.47. The highest BCUT2D eigenvalue weighted by Crippen LogP contribution is 2.45. The quantitative estimate of drug-likeness (QED) is 0.506. The van der Waals surface area contributed by atoms with Crippen LogP contribution < -0.4 is 4.74 Å².